The molecule has 5 heteroatoms. The van der Waals surface area contributed by atoms with E-state index in [1.807, 2.05) is 0 Å². The monoisotopic (exact) mass is 285 g/mol. The molecule has 0 radical (unpaired) electrons. The van der Waals surface area contributed by atoms with Crippen molar-refractivity contribution in [2.45, 2.75) is 26.7 Å². The SMILES string of the molecule is COc1cc(NC(=O)CCC(C)C)c(OC)cc1Cl. The number of nitrogens with one attached hydrogen (secondary N) is 1. The van der Waals surface area contributed by atoms with Gasteiger partial charge in [-0.1, -0.05) is 25.4 Å². The van der Waals surface area contributed by atoms with E-state index < -0.39 is 0 Å². The molecule has 0 aromatic heterocycles. The van der Waals surface area contributed by atoms with Crippen LogP contribution in [-0.2, 0) is 4.79 Å². The summed E-state index contributed by atoms with van der Waals surface area (Å²) in [6.07, 6.45) is 1.32. The highest BCUT2D eigenvalue weighted by molar-refractivity contribution is 6.32. The summed E-state index contributed by atoms with van der Waals surface area (Å²) in [5.74, 6) is 1.47. The maximum atomic E-state index is 11.8. The van der Waals surface area contributed by atoms with Crippen LogP contribution in [-0.4, -0.2) is 20.1 Å². The van der Waals surface area contributed by atoms with Crippen LogP contribution in [0.3, 0.4) is 0 Å². The molecule has 4 nitrogen and oxygen atoms in total. The molecule has 0 aliphatic carbocycles. The first-order valence-corrected chi connectivity index (χ1v) is 6.57. The summed E-state index contributed by atoms with van der Waals surface area (Å²) >= 11 is 6.00. The number of halogens is 1. The maximum absolute atomic E-state index is 11.8. The zero-order chi connectivity index (χ0) is 14.4. The molecule has 0 saturated carbocycles. The van der Waals surface area contributed by atoms with E-state index >= 15 is 0 Å². The van der Waals surface area contributed by atoms with Crippen LogP contribution in [0.2, 0.25) is 5.02 Å². The molecule has 19 heavy (non-hydrogen) atoms. The molecule has 0 aliphatic heterocycles. The molecule has 0 heterocycles. The Labute approximate surface area is 119 Å². The second kappa shape index (κ2) is 7.24. The van der Waals surface area contributed by atoms with Gasteiger partial charge in [0.1, 0.15) is 11.5 Å². The number of carbonyl (C=O) groups is 1. The highest BCUT2D eigenvalue weighted by atomic mass is 35.5. The molecule has 1 rings (SSSR count). The summed E-state index contributed by atoms with van der Waals surface area (Å²) in [6, 6.07) is 3.28. The van der Waals surface area contributed by atoms with Crippen LogP contribution in [0.15, 0.2) is 12.1 Å². The van der Waals surface area contributed by atoms with Gasteiger partial charge in [-0.3, -0.25) is 4.79 Å². The molecule has 1 aromatic rings. The third-order valence-corrected chi connectivity index (χ3v) is 2.99. The summed E-state index contributed by atoms with van der Waals surface area (Å²) in [4.78, 5) is 11.8. The van der Waals surface area contributed by atoms with E-state index in [1.165, 1.54) is 14.2 Å². The zero-order valence-corrected chi connectivity index (χ0v) is 12.5. The minimum Gasteiger partial charge on any atom is -0.495 e. The Morgan fingerprint density at radius 2 is 1.89 bits per heavy atom. The molecule has 106 valence electrons. The minimum atomic E-state index is -0.0450. The molecule has 0 unspecified atom stereocenters. The van der Waals surface area contributed by atoms with Crippen LogP contribution in [0.25, 0.3) is 0 Å². The fourth-order valence-corrected chi connectivity index (χ4v) is 1.82. The van der Waals surface area contributed by atoms with Gasteiger partial charge in [-0.05, 0) is 12.3 Å². The molecule has 1 amide bonds. The molecule has 0 saturated heterocycles. The van der Waals surface area contributed by atoms with Gasteiger partial charge in [0.2, 0.25) is 5.91 Å². The van der Waals surface area contributed by atoms with E-state index in [2.05, 4.69) is 19.2 Å². The Morgan fingerprint density at radius 1 is 1.26 bits per heavy atom. The molecular formula is C14H20ClNO3. The van der Waals surface area contributed by atoms with Crippen molar-refractivity contribution in [3.05, 3.63) is 17.2 Å². The van der Waals surface area contributed by atoms with E-state index in [0.29, 0.717) is 34.5 Å². The number of ether oxygens (including phenoxy) is 2. The van der Waals surface area contributed by atoms with E-state index in [1.54, 1.807) is 12.1 Å². The number of methoxy groups -OCH3 is 2. The molecular weight excluding hydrogens is 266 g/mol. The fourth-order valence-electron chi connectivity index (χ4n) is 1.59. The molecule has 0 spiro atoms. The number of benzene rings is 1. The first kappa shape index (κ1) is 15.6. The third-order valence-electron chi connectivity index (χ3n) is 2.70. The molecule has 0 fully saturated rings. The standard InChI is InChI=1S/C14H20ClNO3/c1-9(2)5-6-14(17)16-11-8-12(18-3)10(15)7-13(11)19-4/h7-9H,5-6H2,1-4H3,(H,16,17). The lowest BCUT2D eigenvalue weighted by Gasteiger charge is -2.13. The van der Waals surface area contributed by atoms with Crippen molar-refractivity contribution >= 4 is 23.2 Å². The van der Waals surface area contributed by atoms with Gasteiger partial charge in [0.15, 0.2) is 0 Å². The molecule has 0 aliphatic rings. The minimum absolute atomic E-state index is 0.0450. The highest BCUT2D eigenvalue weighted by Crippen LogP contribution is 2.35. The van der Waals surface area contributed by atoms with E-state index in [9.17, 15) is 4.79 Å². The lowest BCUT2D eigenvalue weighted by atomic mass is 10.1. The maximum Gasteiger partial charge on any atom is 0.224 e. The van der Waals surface area contributed by atoms with Crippen molar-refractivity contribution in [2.24, 2.45) is 5.92 Å². The Balaban J connectivity index is 2.84. The van der Waals surface area contributed by atoms with Crippen molar-refractivity contribution in [3.63, 3.8) is 0 Å². The second-order valence-electron chi connectivity index (χ2n) is 4.67. The third kappa shape index (κ3) is 4.63. The van der Waals surface area contributed by atoms with Crippen LogP contribution in [0, 0.1) is 5.92 Å². The lowest BCUT2D eigenvalue weighted by Crippen LogP contribution is -2.13. The fraction of sp³-hybridized carbons (Fsp3) is 0.500. The normalized spacial score (nSPS) is 10.4. The van der Waals surface area contributed by atoms with Gasteiger partial charge < -0.3 is 14.8 Å². The number of hydrogen-bond acceptors (Lipinski definition) is 3. The number of hydrogen-bond donors (Lipinski definition) is 1. The van der Waals surface area contributed by atoms with Gasteiger partial charge >= 0.3 is 0 Å². The summed E-state index contributed by atoms with van der Waals surface area (Å²) in [7, 11) is 3.06. The van der Waals surface area contributed by atoms with Crippen LogP contribution in [0.5, 0.6) is 11.5 Å². The lowest BCUT2D eigenvalue weighted by molar-refractivity contribution is -0.116. The number of anilines is 1. The second-order valence-corrected chi connectivity index (χ2v) is 5.07. The van der Waals surface area contributed by atoms with Crippen LogP contribution >= 0.6 is 11.6 Å². The van der Waals surface area contributed by atoms with Crippen molar-refractivity contribution in [3.8, 4) is 11.5 Å². The van der Waals surface area contributed by atoms with Gasteiger partial charge in [0, 0.05) is 18.6 Å². The van der Waals surface area contributed by atoms with Crippen molar-refractivity contribution in [1.29, 1.82) is 0 Å². The molecule has 0 bridgehead atoms. The van der Waals surface area contributed by atoms with Crippen LogP contribution < -0.4 is 14.8 Å². The Hall–Kier alpha value is -1.42. The van der Waals surface area contributed by atoms with E-state index in [4.69, 9.17) is 21.1 Å². The van der Waals surface area contributed by atoms with Gasteiger partial charge in [-0.2, -0.15) is 0 Å². The smallest absolute Gasteiger partial charge is 0.224 e. The summed E-state index contributed by atoms with van der Waals surface area (Å²) < 4.78 is 10.3. The predicted molar refractivity (Wildman–Crippen MR) is 77.3 cm³/mol. The van der Waals surface area contributed by atoms with Gasteiger partial charge in [0.25, 0.3) is 0 Å². The quantitative estimate of drug-likeness (QED) is 0.866. The van der Waals surface area contributed by atoms with Crippen molar-refractivity contribution < 1.29 is 14.3 Å². The Bertz CT molecular complexity index is 447. The summed E-state index contributed by atoms with van der Waals surface area (Å²) in [5, 5.41) is 3.26. The van der Waals surface area contributed by atoms with Gasteiger partial charge in [-0.25, -0.2) is 0 Å². The number of amides is 1. The Kier molecular flexibility index (Phi) is 5.96. The van der Waals surface area contributed by atoms with Gasteiger partial charge in [-0.15, -0.1) is 0 Å². The van der Waals surface area contributed by atoms with Crippen molar-refractivity contribution in [2.75, 3.05) is 19.5 Å². The molecule has 0 atom stereocenters. The average Bonchev–Trinajstić information content (AvgIpc) is 2.37. The highest BCUT2D eigenvalue weighted by Gasteiger charge is 2.12. The predicted octanol–water partition coefficient (Wildman–Crippen LogP) is 3.73. The first-order chi connectivity index (χ1) is 8.97. The Morgan fingerprint density at radius 3 is 2.42 bits per heavy atom. The number of carbonyl (C=O) groups excluding carboxylic acids is 1. The number of rotatable bonds is 6. The zero-order valence-electron chi connectivity index (χ0n) is 11.7. The van der Waals surface area contributed by atoms with Crippen molar-refractivity contribution in [1.82, 2.24) is 0 Å². The molecule has 1 N–H and O–H groups in total. The van der Waals surface area contributed by atoms with Crippen LogP contribution in [0.4, 0.5) is 5.69 Å². The summed E-state index contributed by atoms with van der Waals surface area (Å²) in [6.45, 7) is 4.17. The first-order valence-electron chi connectivity index (χ1n) is 6.19. The van der Waals surface area contributed by atoms with Crippen LogP contribution in [0.1, 0.15) is 26.7 Å². The van der Waals surface area contributed by atoms with E-state index in [-0.39, 0.29) is 5.91 Å². The molecule has 1 aromatic carbocycles. The van der Waals surface area contributed by atoms with E-state index in [0.717, 1.165) is 6.42 Å². The largest absolute Gasteiger partial charge is 0.495 e. The average molecular weight is 286 g/mol. The topological polar surface area (TPSA) is 47.6 Å². The summed E-state index contributed by atoms with van der Waals surface area (Å²) in [5.41, 5.74) is 0.567. The van der Waals surface area contributed by atoms with Gasteiger partial charge in [0.05, 0.1) is 24.9 Å².